The van der Waals surface area contributed by atoms with Crippen LogP contribution >= 0.6 is 11.3 Å². The van der Waals surface area contributed by atoms with Crippen molar-refractivity contribution in [3.8, 4) is 11.5 Å². The molecule has 1 amide bonds. The first-order valence-electron chi connectivity index (χ1n) is 6.93. The molecule has 0 aliphatic carbocycles. The zero-order valence-electron chi connectivity index (χ0n) is 12.0. The highest BCUT2D eigenvalue weighted by Crippen LogP contribution is 2.26. The van der Waals surface area contributed by atoms with Crippen molar-refractivity contribution < 1.29 is 14.3 Å². The number of hydrogen-bond donors (Lipinski definition) is 1. The van der Waals surface area contributed by atoms with Crippen LogP contribution in [-0.2, 0) is 11.2 Å². The Kier molecular flexibility index (Phi) is 6.09. The number of nitrogens with one attached hydrogen (secondary N) is 1. The van der Waals surface area contributed by atoms with Crippen molar-refractivity contribution in [3.63, 3.8) is 0 Å². The van der Waals surface area contributed by atoms with Gasteiger partial charge in [-0.1, -0.05) is 18.2 Å². The van der Waals surface area contributed by atoms with Crippen LogP contribution < -0.4 is 14.8 Å². The van der Waals surface area contributed by atoms with Crippen LogP contribution in [0.2, 0.25) is 0 Å². The minimum Gasteiger partial charge on any atom is -0.490 e. The van der Waals surface area contributed by atoms with Crippen LogP contribution in [0.3, 0.4) is 0 Å². The van der Waals surface area contributed by atoms with Gasteiger partial charge in [0.25, 0.3) is 5.91 Å². The first-order valence-corrected chi connectivity index (χ1v) is 7.81. The summed E-state index contributed by atoms with van der Waals surface area (Å²) in [6, 6.07) is 11.4. The largest absolute Gasteiger partial charge is 0.490 e. The van der Waals surface area contributed by atoms with Crippen LogP contribution in [0, 0.1) is 0 Å². The van der Waals surface area contributed by atoms with Crippen LogP contribution in [0.15, 0.2) is 41.8 Å². The normalized spacial score (nSPS) is 10.1. The summed E-state index contributed by atoms with van der Waals surface area (Å²) in [4.78, 5) is 13.0. The molecule has 0 saturated heterocycles. The number of carbonyl (C=O) groups excluding carboxylic acids is 1. The van der Waals surface area contributed by atoms with Gasteiger partial charge >= 0.3 is 0 Å². The summed E-state index contributed by atoms with van der Waals surface area (Å²) in [7, 11) is 0. The lowest BCUT2D eigenvalue weighted by Crippen LogP contribution is -2.30. The van der Waals surface area contributed by atoms with E-state index >= 15 is 0 Å². The fourth-order valence-electron chi connectivity index (χ4n) is 1.82. The molecule has 1 aromatic carbocycles. The van der Waals surface area contributed by atoms with Crippen LogP contribution in [0.25, 0.3) is 0 Å². The highest BCUT2D eigenvalue weighted by atomic mass is 32.1. The van der Waals surface area contributed by atoms with Gasteiger partial charge in [-0.25, -0.2) is 0 Å². The second kappa shape index (κ2) is 8.32. The van der Waals surface area contributed by atoms with E-state index < -0.39 is 0 Å². The fourth-order valence-corrected chi connectivity index (χ4v) is 2.53. The number of rotatable bonds is 8. The molecule has 0 aliphatic heterocycles. The molecule has 112 valence electrons. The van der Waals surface area contributed by atoms with Gasteiger partial charge in [-0.05, 0) is 36.9 Å². The van der Waals surface area contributed by atoms with Crippen molar-refractivity contribution in [2.45, 2.75) is 13.3 Å². The van der Waals surface area contributed by atoms with E-state index in [2.05, 4.69) is 11.4 Å². The van der Waals surface area contributed by atoms with Crippen molar-refractivity contribution >= 4 is 17.2 Å². The SMILES string of the molecule is CCOc1ccccc1OCC(=O)NCCc1cccs1. The molecule has 1 N–H and O–H groups in total. The molecular formula is C16H19NO3S. The smallest absolute Gasteiger partial charge is 0.257 e. The number of carbonyl (C=O) groups is 1. The van der Waals surface area contributed by atoms with E-state index in [0.717, 1.165) is 6.42 Å². The maximum absolute atomic E-state index is 11.7. The summed E-state index contributed by atoms with van der Waals surface area (Å²) < 4.78 is 10.9. The molecule has 0 atom stereocenters. The molecule has 1 heterocycles. The highest BCUT2D eigenvalue weighted by Gasteiger charge is 2.07. The van der Waals surface area contributed by atoms with Crippen molar-refractivity contribution in [2.24, 2.45) is 0 Å². The third-order valence-corrected chi connectivity index (χ3v) is 3.72. The van der Waals surface area contributed by atoms with E-state index in [9.17, 15) is 4.79 Å². The van der Waals surface area contributed by atoms with E-state index in [4.69, 9.17) is 9.47 Å². The van der Waals surface area contributed by atoms with Crippen molar-refractivity contribution in [1.29, 1.82) is 0 Å². The van der Waals surface area contributed by atoms with Crippen LogP contribution in [0.4, 0.5) is 0 Å². The second-order valence-electron chi connectivity index (χ2n) is 4.35. The minimum atomic E-state index is -0.127. The molecule has 0 radical (unpaired) electrons. The van der Waals surface area contributed by atoms with Gasteiger partial charge in [0, 0.05) is 11.4 Å². The molecule has 0 saturated carbocycles. The molecule has 5 heteroatoms. The number of hydrogen-bond acceptors (Lipinski definition) is 4. The molecular weight excluding hydrogens is 286 g/mol. The molecule has 21 heavy (non-hydrogen) atoms. The van der Waals surface area contributed by atoms with E-state index in [1.165, 1.54) is 4.88 Å². The van der Waals surface area contributed by atoms with Gasteiger partial charge in [-0.15, -0.1) is 11.3 Å². The first kappa shape index (κ1) is 15.4. The number of thiophene rings is 1. The Morgan fingerprint density at radius 1 is 1.14 bits per heavy atom. The minimum absolute atomic E-state index is 0.00543. The standard InChI is InChI=1S/C16H19NO3S/c1-2-19-14-7-3-4-8-15(14)20-12-16(18)17-10-9-13-6-5-11-21-13/h3-8,11H,2,9-10,12H2,1H3,(H,17,18). The topological polar surface area (TPSA) is 47.6 Å². The summed E-state index contributed by atoms with van der Waals surface area (Å²) >= 11 is 1.69. The third-order valence-electron chi connectivity index (χ3n) is 2.78. The van der Waals surface area contributed by atoms with Gasteiger partial charge in [0.1, 0.15) is 0 Å². The van der Waals surface area contributed by atoms with Gasteiger partial charge < -0.3 is 14.8 Å². The van der Waals surface area contributed by atoms with Gasteiger partial charge in [0.15, 0.2) is 18.1 Å². The van der Waals surface area contributed by atoms with Crippen molar-refractivity contribution in [2.75, 3.05) is 19.8 Å². The number of ether oxygens (including phenoxy) is 2. The van der Waals surface area contributed by atoms with Crippen molar-refractivity contribution in [3.05, 3.63) is 46.7 Å². The van der Waals surface area contributed by atoms with Crippen LogP contribution in [0.1, 0.15) is 11.8 Å². The predicted octanol–water partition coefficient (Wildman–Crippen LogP) is 2.88. The average molecular weight is 305 g/mol. The molecule has 0 unspecified atom stereocenters. The summed E-state index contributed by atoms with van der Waals surface area (Å²) in [5, 5.41) is 4.88. The highest BCUT2D eigenvalue weighted by molar-refractivity contribution is 7.09. The Hall–Kier alpha value is -2.01. The van der Waals surface area contributed by atoms with E-state index in [1.54, 1.807) is 17.4 Å². The summed E-state index contributed by atoms with van der Waals surface area (Å²) in [5.74, 6) is 1.12. The quantitative estimate of drug-likeness (QED) is 0.816. The predicted molar refractivity (Wildman–Crippen MR) is 84.1 cm³/mol. The molecule has 0 bridgehead atoms. The van der Waals surface area contributed by atoms with E-state index in [1.807, 2.05) is 36.6 Å². The van der Waals surface area contributed by atoms with Gasteiger partial charge in [0.05, 0.1) is 6.61 Å². The number of amides is 1. The van der Waals surface area contributed by atoms with E-state index in [-0.39, 0.29) is 12.5 Å². The monoisotopic (exact) mass is 305 g/mol. The Labute approximate surface area is 128 Å². The number of benzene rings is 1. The summed E-state index contributed by atoms with van der Waals surface area (Å²) in [6.45, 7) is 3.09. The Bertz CT molecular complexity index is 554. The second-order valence-corrected chi connectivity index (χ2v) is 5.38. The third kappa shape index (κ3) is 5.11. The Morgan fingerprint density at radius 2 is 1.90 bits per heavy atom. The molecule has 2 aromatic rings. The molecule has 1 aromatic heterocycles. The molecule has 2 rings (SSSR count). The first-order chi connectivity index (χ1) is 10.3. The zero-order chi connectivity index (χ0) is 14.9. The molecule has 0 aliphatic rings. The molecule has 0 fully saturated rings. The maximum Gasteiger partial charge on any atom is 0.257 e. The number of para-hydroxylation sites is 2. The lowest BCUT2D eigenvalue weighted by molar-refractivity contribution is -0.123. The summed E-state index contributed by atoms with van der Waals surface area (Å²) in [5.41, 5.74) is 0. The van der Waals surface area contributed by atoms with Crippen molar-refractivity contribution in [1.82, 2.24) is 5.32 Å². The lowest BCUT2D eigenvalue weighted by atomic mass is 10.3. The van der Waals surface area contributed by atoms with Gasteiger partial charge in [0.2, 0.25) is 0 Å². The zero-order valence-corrected chi connectivity index (χ0v) is 12.8. The van der Waals surface area contributed by atoms with E-state index in [0.29, 0.717) is 24.7 Å². The maximum atomic E-state index is 11.7. The molecule has 0 spiro atoms. The van der Waals surface area contributed by atoms with Crippen LogP contribution in [-0.4, -0.2) is 25.7 Å². The van der Waals surface area contributed by atoms with Gasteiger partial charge in [-0.3, -0.25) is 4.79 Å². The lowest BCUT2D eigenvalue weighted by Gasteiger charge is -2.11. The van der Waals surface area contributed by atoms with Crippen LogP contribution in [0.5, 0.6) is 11.5 Å². The van der Waals surface area contributed by atoms with Gasteiger partial charge in [-0.2, -0.15) is 0 Å². The molecule has 4 nitrogen and oxygen atoms in total. The average Bonchev–Trinajstić information content (AvgIpc) is 3.00. The summed E-state index contributed by atoms with van der Waals surface area (Å²) in [6.07, 6.45) is 0.846. The fraction of sp³-hybridized carbons (Fsp3) is 0.312. The Balaban J connectivity index is 1.73. The Morgan fingerprint density at radius 3 is 2.57 bits per heavy atom.